The Morgan fingerprint density at radius 1 is 1.44 bits per heavy atom. The SMILES string of the molecule is CCN(CC)C1COc2ccc(C(N)=O)cc2C1. The summed E-state index contributed by atoms with van der Waals surface area (Å²) in [6.07, 6.45) is 0.915. The summed E-state index contributed by atoms with van der Waals surface area (Å²) in [5.41, 5.74) is 6.93. The van der Waals surface area contributed by atoms with Crippen molar-refractivity contribution in [3.63, 3.8) is 0 Å². The van der Waals surface area contributed by atoms with E-state index in [0.29, 0.717) is 18.2 Å². The first kappa shape index (κ1) is 12.9. The molecule has 2 N–H and O–H groups in total. The van der Waals surface area contributed by atoms with Crippen LogP contribution in [0.25, 0.3) is 0 Å². The van der Waals surface area contributed by atoms with Gasteiger partial charge in [-0.2, -0.15) is 0 Å². The van der Waals surface area contributed by atoms with E-state index in [2.05, 4.69) is 18.7 Å². The Hall–Kier alpha value is -1.55. The number of carbonyl (C=O) groups excluding carboxylic acids is 1. The van der Waals surface area contributed by atoms with Crippen molar-refractivity contribution in [1.82, 2.24) is 4.90 Å². The number of benzene rings is 1. The predicted molar refractivity (Wildman–Crippen MR) is 70.9 cm³/mol. The van der Waals surface area contributed by atoms with E-state index in [1.165, 1.54) is 0 Å². The van der Waals surface area contributed by atoms with Gasteiger partial charge in [0.05, 0.1) is 0 Å². The average Bonchev–Trinajstić information content (AvgIpc) is 2.39. The lowest BCUT2D eigenvalue weighted by molar-refractivity contribution is 0.0999. The molecule has 0 bridgehead atoms. The molecule has 1 aromatic rings. The lowest BCUT2D eigenvalue weighted by atomic mass is 9.99. The Morgan fingerprint density at radius 2 is 2.17 bits per heavy atom. The highest BCUT2D eigenvalue weighted by atomic mass is 16.5. The number of amides is 1. The molecule has 1 unspecified atom stereocenters. The van der Waals surface area contributed by atoms with Gasteiger partial charge in [-0.15, -0.1) is 0 Å². The second kappa shape index (κ2) is 5.40. The molecule has 0 saturated carbocycles. The lowest BCUT2D eigenvalue weighted by Crippen LogP contribution is -2.43. The van der Waals surface area contributed by atoms with Crippen molar-refractivity contribution in [2.45, 2.75) is 26.3 Å². The Bertz CT molecular complexity index is 441. The molecular formula is C14H20N2O2. The van der Waals surface area contributed by atoms with Crippen LogP contribution in [0.1, 0.15) is 29.8 Å². The third kappa shape index (κ3) is 2.48. The molecule has 0 aliphatic carbocycles. The van der Waals surface area contributed by atoms with E-state index in [0.717, 1.165) is 30.8 Å². The number of fused-ring (bicyclic) bond motifs is 1. The summed E-state index contributed by atoms with van der Waals surface area (Å²) in [6, 6.07) is 5.80. The molecular weight excluding hydrogens is 228 g/mol. The van der Waals surface area contributed by atoms with Gasteiger partial charge in [-0.1, -0.05) is 13.8 Å². The highest BCUT2D eigenvalue weighted by Gasteiger charge is 2.24. The summed E-state index contributed by atoms with van der Waals surface area (Å²) in [6.45, 7) is 7.03. The van der Waals surface area contributed by atoms with E-state index < -0.39 is 0 Å². The van der Waals surface area contributed by atoms with Gasteiger partial charge in [0.15, 0.2) is 0 Å². The maximum Gasteiger partial charge on any atom is 0.248 e. The van der Waals surface area contributed by atoms with Gasteiger partial charge in [0.2, 0.25) is 5.91 Å². The molecule has 0 radical (unpaired) electrons. The summed E-state index contributed by atoms with van der Waals surface area (Å²) >= 11 is 0. The summed E-state index contributed by atoms with van der Waals surface area (Å²) < 4.78 is 5.76. The molecule has 2 rings (SSSR count). The van der Waals surface area contributed by atoms with Crippen molar-refractivity contribution in [2.75, 3.05) is 19.7 Å². The molecule has 4 nitrogen and oxygen atoms in total. The number of likely N-dealkylation sites (N-methyl/N-ethyl adjacent to an activating group) is 1. The number of nitrogens with two attached hydrogens (primary N) is 1. The highest BCUT2D eigenvalue weighted by Crippen LogP contribution is 2.27. The smallest absolute Gasteiger partial charge is 0.248 e. The van der Waals surface area contributed by atoms with Crippen LogP contribution in [-0.4, -0.2) is 36.5 Å². The minimum atomic E-state index is -0.386. The topological polar surface area (TPSA) is 55.6 Å². The maximum absolute atomic E-state index is 11.2. The normalized spacial score (nSPS) is 18.3. The van der Waals surface area contributed by atoms with Gasteiger partial charge in [-0.25, -0.2) is 0 Å². The summed E-state index contributed by atoms with van der Waals surface area (Å²) in [7, 11) is 0. The molecule has 1 amide bonds. The van der Waals surface area contributed by atoms with Crippen LogP contribution in [0.2, 0.25) is 0 Å². The van der Waals surface area contributed by atoms with Crippen LogP contribution in [0.5, 0.6) is 5.75 Å². The lowest BCUT2D eigenvalue weighted by Gasteiger charge is -2.33. The molecule has 1 aliphatic heterocycles. The first-order valence-electron chi connectivity index (χ1n) is 6.45. The van der Waals surface area contributed by atoms with Crippen LogP contribution < -0.4 is 10.5 Å². The second-order valence-corrected chi connectivity index (χ2v) is 4.58. The van der Waals surface area contributed by atoms with Gasteiger partial charge in [-0.05, 0) is 43.3 Å². The predicted octanol–water partition coefficient (Wildman–Crippen LogP) is 1.43. The van der Waals surface area contributed by atoms with Crippen molar-refractivity contribution in [1.29, 1.82) is 0 Å². The molecule has 0 fully saturated rings. The Balaban J connectivity index is 2.21. The van der Waals surface area contributed by atoms with Crippen LogP contribution in [0.3, 0.4) is 0 Å². The van der Waals surface area contributed by atoms with E-state index in [9.17, 15) is 4.79 Å². The fraction of sp³-hybridized carbons (Fsp3) is 0.500. The molecule has 1 aromatic carbocycles. The first-order chi connectivity index (χ1) is 8.65. The zero-order chi connectivity index (χ0) is 13.1. The zero-order valence-electron chi connectivity index (χ0n) is 11.0. The molecule has 98 valence electrons. The fourth-order valence-corrected chi connectivity index (χ4v) is 2.51. The van der Waals surface area contributed by atoms with Gasteiger partial charge < -0.3 is 10.5 Å². The minimum absolute atomic E-state index is 0.385. The Labute approximate surface area is 108 Å². The van der Waals surface area contributed by atoms with Crippen LogP contribution in [0.15, 0.2) is 18.2 Å². The van der Waals surface area contributed by atoms with Crippen molar-refractivity contribution in [3.05, 3.63) is 29.3 Å². The van der Waals surface area contributed by atoms with Gasteiger partial charge in [0, 0.05) is 11.6 Å². The molecule has 0 aromatic heterocycles. The largest absolute Gasteiger partial charge is 0.492 e. The maximum atomic E-state index is 11.2. The molecule has 1 heterocycles. The van der Waals surface area contributed by atoms with Gasteiger partial charge in [-0.3, -0.25) is 9.69 Å². The standard InChI is InChI=1S/C14H20N2O2/c1-3-16(4-2)12-8-11-7-10(14(15)17)5-6-13(11)18-9-12/h5-7,12H,3-4,8-9H2,1-2H3,(H2,15,17). The number of rotatable bonds is 4. The van der Waals surface area contributed by atoms with Crippen molar-refractivity contribution in [2.24, 2.45) is 5.73 Å². The minimum Gasteiger partial charge on any atom is -0.492 e. The van der Waals surface area contributed by atoms with E-state index in [4.69, 9.17) is 10.5 Å². The van der Waals surface area contributed by atoms with E-state index in [-0.39, 0.29) is 5.91 Å². The quantitative estimate of drug-likeness (QED) is 0.877. The van der Waals surface area contributed by atoms with Crippen LogP contribution in [0, 0.1) is 0 Å². The van der Waals surface area contributed by atoms with E-state index in [1.807, 2.05) is 12.1 Å². The number of hydrogen-bond acceptors (Lipinski definition) is 3. The highest BCUT2D eigenvalue weighted by molar-refractivity contribution is 5.93. The van der Waals surface area contributed by atoms with Crippen LogP contribution >= 0.6 is 0 Å². The third-order valence-electron chi connectivity index (χ3n) is 3.56. The number of carbonyl (C=O) groups is 1. The third-order valence-corrected chi connectivity index (χ3v) is 3.56. The molecule has 0 spiro atoms. The molecule has 0 saturated heterocycles. The monoisotopic (exact) mass is 248 g/mol. The van der Waals surface area contributed by atoms with Crippen LogP contribution in [0.4, 0.5) is 0 Å². The Kier molecular flexibility index (Phi) is 3.87. The van der Waals surface area contributed by atoms with E-state index in [1.54, 1.807) is 6.07 Å². The Morgan fingerprint density at radius 3 is 2.78 bits per heavy atom. The van der Waals surface area contributed by atoms with Gasteiger partial charge in [0.1, 0.15) is 12.4 Å². The second-order valence-electron chi connectivity index (χ2n) is 4.58. The van der Waals surface area contributed by atoms with Gasteiger partial charge >= 0.3 is 0 Å². The van der Waals surface area contributed by atoms with E-state index >= 15 is 0 Å². The molecule has 1 aliphatic rings. The van der Waals surface area contributed by atoms with Crippen LogP contribution in [-0.2, 0) is 6.42 Å². The van der Waals surface area contributed by atoms with Crippen molar-refractivity contribution in [3.8, 4) is 5.75 Å². The van der Waals surface area contributed by atoms with Gasteiger partial charge in [0.25, 0.3) is 0 Å². The summed E-state index contributed by atoms with van der Waals surface area (Å²) in [5, 5.41) is 0. The number of nitrogens with zero attached hydrogens (tertiary/aromatic N) is 1. The summed E-state index contributed by atoms with van der Waals surface area (Å²) in [5.74, 6) is 0.492. The number of ether oxygens (including phenoxy) is 1. The fourth-order valence-electron chi connectivity index (χ4n) is 2.51. The average molecular weight is 248 g/mol. The van der Waals surface area contributed by atoms with Crippen molar-refractivity contribution >= 4 is 5.91 Å². The number of hydrogen-bond donors (Lipinski definition) is 1. The molecule has 18 heavy (non-hydrogen) atoms. The first-order valence-corrected chi connectivity index (χ1v) is 6.45. The molecule has 1 atom stereocenters. The summed E-state index contributed by atoms with van der Waals surface area (Å²) in [4.78, 5) is 13.6. The molecule has 4 heteroatoms. The zero-order valence-corrected chi connectivity index (χ0v) is 11.0. The van der Waals surface area contributed by atoms with Crippen molar-refractivity contribution < 1.29 is 9.53 Å². The number of primary amides is 1.